The zero-order chi connectivity index (χ0) is 15.9. The van der Waals surface area contributed by atoms with E-state index in [4.69, 9.17) is 0 Å². The maximum absolute atomic E-state index is 4.65. The van der Waals surface area contributed by atoms with Crippen LogP contribution in [0.5, 0.6) is 0 Å². The van der Waals surface area contributed by atoms with E-state index in [2.05, 4.69) is 74.9 Å². The number of aryl methyl sites for hydroxylation is 1. The number of rotatable bonds is 8. The first-order chi connectivity index (χ1) is 9.85. The standard InChI is InChI=1S/C18H33N3/c1-7-10-17(13-19-18(4,5)6)21(8-2)14-16-12-9-11-15(3)20-16/h9,11-12,17,19H,7-8,10,13-14H2,1-6H3. The lowest BCUT2D eigenvalue weighted by Crippen LogP contribution is -2.47. The van der Waals surface area contributed by atoms with E-state index in [1.165, 1.54) is 18.5 Å². The van der Waals surface area contributed by atoms with Crippen molar-refractivity contribution in [1.82, 2.24) is 15.2 Å². The van der Waals surface area contributed by atoms with Crippen LogP contribution in [-0.4, -0.2) is 34.6 Å². The fraction of sp³-hybridized carbons (Fsp3) is 0.722. The van der Waals surface area contributed by atoms with Crippen molar-refractivity contribution in [3.8, 4) is 0 Å². The normalized spacial score (nSPS) is 13.7. The van der Waals surface area contributed by atoms with Gasteiger partial charge in [0.05, 0.1) is 5.69 Å². The van der Waals surface area contributed by atoms with E-state index in [0.29, 0.717) is 6.04 Å². The van der Waals surface area contributed by atoms with Crippen molar-refractivity contribution in [1.29, 1.82) is 0 Å². The average molecular weight is 291 g/mol. The molecular weight excluding hydrogens is 258 g/mol. The van der Waals surface area contributed by atoms with Crippen molar-refractivity contribution in [3.63, 3.8) is 0 Å². The van der Waals surface area contributed by atoms with Gasteiger partial charge < -0.3 is 5.32 Å². The maximum atomic E-state index is 4.65. The Morgan fingerprint density at radius 2 is 1.95 bits per heavy atom. The fourth-order valence-electron chi connectivity index (χ4n) is 2.57. The van der Waals surface area contributed by atoms with E-state index in [0.717, 1.165) is 25.3 Å². The Bertz CT molecular complexity index is 409. The molecule has 3 heteroatoms. The molecular formula is C18H33N3. The molecule has 0 aliphatic carbocycles. The van der Waals surface area contributed by atoms with E-state index in [-0.39, 0.29) is 5.54 Å². The average Bonchev–Trinajstić information content (AvgIpc) is 2.40. The Labute approximate surface area is 131 Å². The number of nitrogens with zero attached hydrogens (tertiary/aromatic N) is 2. The summed E-state index contributed by atoms with van der Waals surface area (Å²) >= 11 is 0. The minimum Gasteiger partial charge on any atom is -0.311 e. The SMILES string of the molecule is CCCC(CNC(C)(C)C)N(CC)Cc1cccc(C)n1. The van der Waals surface area contributed by atoms with Crippen molar-refractivity contribution in [2.24, 2.45) is 0 Å². The van der Waals surface area contributed by atoms with Crippen molar-refractivity contribution < 1.29 is 0 Å². The van der Waals surface area contributed by atoms with Crippen LogP contribution in [0.1, 0.15) is 58.8 Å². The third kappa shape index (κ3) is 7.05. The van der Waals surface area contributed by atoms with Crippen LogP contribution in [0.25, 0.3) is 0 Å². The fourth-order valence-corrected chi connectivity index (χ4v) is 2.57. The lowest BCUT2D eigenvalue weighted by molar-refractivity contribution is 0.171. The smallest absolute Gasteiger partial charge is 0.0547 e. The number of hydrogen-bond donors (Lipinski definition) is 1. The van der Waals surface area contributed by atoms with Gasteiger partial charge in [-0.2, -0.15) is 0 Å². The van der Waals surface area contributed by atoms with Gasteiger partial charge in [0.2, 0.25) is 0 Å². The van der Waals surface area contributed by atoms with E-state index < -0.39 is 0 Å². The number of likely N-dealkylation sites (N-methyl/N-ethyl adjacent to an activating group) is 1. The van der Waals surface area contributed by atoms with Gasteiger partial charge in [0.25, 0.3) is 0 Å². The highest BCUT2D eigenvalue weighted by Gasteiger charge is 2.19. The number of nitrogens with one attached hydrogen (secondary N) is 1. The molecule has 1 aromatic heterocycles. The second-order valence-corrected chi connectivity index (χ2v) is 6.91. The van der Waals surface area contributed by atoms with Gasteiger partial charge in [-0.15, -0.1) is 0 Å². The van der Waals surface area contributed by atoms with E-state index in [9.17, 15) is 0 Å². The molecule has 0 radical (unpaired) electrons. The van der Waals surface area contributed by atoms with Crippen molar-refractivity contribution in [3.05, 3.63) is 29.6 Å². The molecule has 1 unspecified atom stereocenters. The van der Waals surface area contributed by atoms with Crippen molar-refractivity contribution >= 4 is 0 Å². The summed E-state index contributed by atoms with van der Waals surface area (Å²) in [4.78, 5) is 7.20. The minimum absolute atomic E-state index is 0.174. The van der Waals surface area contributed by atoms with Gasteiger partial charge in [-0.05, 0) is 52.8 Å². The summed E-state index contributed by atoms with van der Waals surface area (Å²) in [7, 11) is 0. The largest absolute Gasteiger partial charge is 0.311 e. The molecule has 1 N–H and O–H groups in total. The molecule has 0 aromatic carbocycles. The summed E-state index contributed by atoms with van der Waals surface area (Å²) in [6.45, 7) is 16.3. The Hall–Kier alpha value is -0.930. The lowest BCUT2D eigenvalue weighted by Gasteiger charge is -2.33. The molecule has 0 aliphatic rings. The molecule has 0 aliphatic heterocycles. The van der Waals surface area contributed by atoms with Crippen LogP contribution in [0.2, 0.25) is 0 Å². The second-order valence-electron chi connectivity index (χ2n) is 6.91. The Balaban J connectivity index is 2.72. The van der Waals surface area contributed by atoms with Gasteiger partial charge >= 0.3 is 0 Å². The van der Waals surface area contributed by atoms with Gasteiger partial charge in [0, 0.05) is 30.4 Å². The summed E-state index contributed by atoms with van der Waals surface area (Å²) in [6, 6.07) is 6.87. The first kappa shape index (κ1) is 18.1. The first-order valence-corrected chi connectivity index (χ1v) is 8.27. The van der Waals surface area contributed by atoms with E-state index >= 15 is 0 Å². The van der Waals surface area contributed by atoms with Gasteiger partial charge in [-0.1, -0.05) is 26.3 Å². The van der Waals surface area contributed by atoms with Gasteiger partial charge in [0.15, 0.2) is 0 Å². The minimum atomic E-state index is 0.174. The highest BCUT2D eigenvalue weighted by atomic mass is 15.2. The van der Waals surface area contributed by atoms with Crippen LogP contribution in [0, 0.1) is 6.92 Å². The monoisotopic (exact) mass is 291 g/mol. The Morgan fingerprint density at radius 1 is 1.24 bits per heavy atom. The lowest BCUT2D eigenvalue weighted by atomic mass is 10.1. The van der Waals surface area contributed by atoms with E-state index in [1.807, 2.05) is 0 Å². The summed E-state index contributed by atoms with van der Waals surface area (Å²) in [5, 5.41) is 3.66. The maximum Gasteiger partial charge on any atom is 0.0547 e. The van der Waals surface area contributed by atoms with Crippen LogP contribution in [0.15, 0.2) is 18.2 Å². The van der Waals surface area contributed by atoms with Crippen LogP contribution in [-0.2, 0) is 6.54 Å². The molecule has 0 fully saturated rings. The predicted molar refractivity (Wildman–Crippen MR) is 91.5 cm³/mol. The molecule has 0 saturated heterocycles. The molecule has 0 amide bonds. The molecule has 0 saturated carbocycles. The third-order valence-corrected chi connectivity index (χ3v) is 3.72. The molecule has 0 bridgehead atoms. The van der Waals surface area contributed by atoms with Gasteiger partial charge in [-0.3, -0.25) is 9.88 Å². The van der Waals surface area contributed by atoms with Crippen molar-refractivity contribution in [2.45, 2.75) is 72.5 Å². The summed E-state index contributed by atoms with van der Waals surface area (Å²) in [6.07, 6.45) is 2.44. The zero-order valence-electron chi connectivity index (χ0n) is 14.7. The van der Waals surface area contributed by atoms with Crippen LogP contribution in [0.3, 0.4) is 0 Å². The molecule has 1 aromatic rings. The first-order valence-electron chi connectivity index (χ1n) is 8.27. The zero-order valence-corrected chi connectivity index (χ0v) is 14.7. The highest BCUT2D eigenvalue weighted by molar-refractivity contribution is 5.10. The molecule has 1 heterocycles. The van der Waals surface area contributed by atoms with Crippen LogP contribution < -0.4 is 5.32 Å². The molecule has 1 rings (SSSR count). The van der Waals surface area contributed by atoms with E-state index in [1.54, 1.807) is 0 Å². The predicted octanol–water partition coefficient (Wildman–Crippen LogP) is 3.77. The molecule has 1 atom stereocenters. The third-order valence-electron chi connectivity index (χ3n) is 3.72. The quantitative estimate of drug-likeness (QED) is 0.790. The molecule has 120 valence electrons. The molecule has 3 nitrogen and oxygen atoms in total. The second kappa shape index (κ2) is 8.50. The van der Waals surface area contributed by atoms with Gasteiger partial charge in [-0.25, -0.2) is 0 Å². The number of aromatic nitrogens is 1. The summed E-state index contributed by atoms with van der Waals surface area (Å²) < 4.78 is 0. The summed E-state index contributed by atoms with van der Waals surface area (Å²) in [5.41, 5.74) is 2.45. The highest BCUT2D eigenvalue weighted by Crippen LogP contribution is 2.12. The Kier molecular flexibility index (Phi) is 7.33. The van der Waals surface area contributed by atoms with Crippen molar-refractivity contribution in [2.75, 3.05) is 13.1 Å². The van der Waals surface area contributed by atoms with Crippen LogP contribution >= 0.6 is 0 Å². The molecule has 0 spiro atoms. The van der Waals surface area contributed by atoms with Crippen LogP contribution in [0.4, 0.5) is 0 Å². The number of pyridine rings is 1. The molecule has 21 heavy (non-hydrogen) atoms. The Morgan fingerprint density at radius 3 is 2.48 bits per heavy atom. The topological polar surface area (TPSA) is 28.2 Å². The number of hydrogen-bond acceptors (Lipinski definition) is 3. The van der Waals surface area contributed by atoms with Gasteiger partial charge in [0.1, 0.15) is 0 Å². The summed E-state index contributed by atoms with van der Waals surface area (Å²) in [5.74, 6) is 0.